The molecule has 0 heterocycles. The van der Waals surface area contributed by atoms with Gasteiger partial charge in [0.05, 0.1) is 25.5 Å². The van der Waals surface area contributed by atoms with Crippen molar-refractivity contribution in [1.82, 2.24) is 5.43 Å². The van der Waals surface area contributed by atoms with Crippen LogP contribution in [0, 0.1) is 0 Å². The molecule has 0 atom stereocenters. The van der Waals surface area contributed by atoms with Gasteiger partial charge in [0, 0.05) is 0 Å². The molecule has 2 amide bonds. The molecule has 19 heavy (non-hydrogen) atoms. The maximum absolute atomic E-state index is 10.9. The lowest BCUT2D eigenvalue weighted by Gasteiger charge is -2.09. The average Bonchev–Trinajstić information content (AvgIpc) is 2.37. The summed E-state index contributed by atoms with van der Waals surface area (Å²) in [6.07, 6.45) is 1.29. The summed E-state index contributed by atoms with van der Waals surface area (Å²) in [4.78, 5) is 21.3. The van der Waals surface area contributed by atoms with E-state index in [1.54, 1.807) is 12.1 Å². The predicted molar refractivity (Wildman–Crippen MR) is 69.5 cm³/mol. The minimum Gasteiger partial charge on any atom is -0.493 e. The number of halogens is 1. The lowest BCUT2D eigenvalue weighted by molar-refractivity contribution is -0.137. The third-order valence-corrected chi connectivity index (χ3v) is 2.34. The van der Waals surface area contributed by atoms with Crippen LogP contribution in [0.25, 0.3) is 0 Å². The molecule has 1 aromatic carbocycles. The van der Waals surface area contributed by atoms with Gasteiger partial charge in [0.1, 0.15) is 0 Å². The molecule has 102 valence electrons. The molecule has 3 N–H and O–H groups in total. The minimum atomic E-state index is -1.12. The molecule has 0 spiro atoms. The van der Waals surface area contributed by atoms with E-state index >= 15 is 0 Å². The van der Waals surface area contributed by atoms with Crippen molar-refractivity contribution in [3.63, 3.8) is 0 Å². The zero-order valence-corrected chi connectivity index (χ0v) is 11.0. The zero-order valence-electron chi connectivity index (χ0n) is 10.3. The van der Waals surface area contributed by atoms with Gasteiger partial charge in [-0.25, -0.2) is 5.43 Å². The van der Waals surface area contributed by atoms with E-state index in [4.69, 9.17) is 26.8 Å². The number of primary amides is 1. The molecule has 0 bridgehead atoms. The highest BCUT2D eigenvalue weighted by Gasteiger charge is 2.10. The van der Waals surface area contributed by atoms with Gasteiger partial charge in [0.15, 0.2) is 11.5 Å². The molecule has 0 aliphatic heterocycles. The van der Waals surface area contributed by atoms with E-state index in [0.29, 0.717) is 22.1 Å². The Morgan fingerprint density at radius 2 is 2.05 bits per heavy atom. The lowest BCUT2D eigenvalue weighted by Crippen LogP contribution is -2.32. The second-order valence-electron chi connectivity index (χ2n) is 3.30. The van der Waals surface area contributed by atoms with E-state index in [9.17, 15) is 9.59 Å². The Morgan fingerprint density at radius 3 is 2.58 bits per heavy atom. The summed E-state index contributed by atoms with van der Waals surface area (Å²) in [5.41, 5.74) is 7.25. The number of carbonyl (C=O) groups excluding carboxylic acids is 2. The van der Waals surface area contributed by atoms with Crippen molar-refractivity contribution in [1.29, 1.82) is 0 Å². The predicted octanol–water partition coefficient (Wildman–Crippen LogP) is 0.293. The van der Waals surface area contributed by atoms with Gasteiger partial charge in [0.2, 0.25) is 0 Å². The molecular formula is C11H12ClN3O4. The molecule has 0 aliphatic rings. The summed E-state index contributed by atoms with van der Waals surface area (Å²) in [7, 11) is 2.93. The summed E-state index contributed by atoms with van der Waals surface area (Å²) in [5, 5.41) is 3.88. The van der Waals surface area contributed by atoms with E-state index in [-0.39, 0.29) is 0 Å². The fourth-order valence-corrected chi connectivity index (χ4v) is 1.53. The maximum Gasteiger partial charge on any atom is 0.329 e. The molecule has 0 aromatic heterocycles. The van der Waals surface area contributed by atoms with Gasteiger partial charge in [-0.2, -0.15) is 5.10 Å². The van der Waals surface area contributed by atoms with Crippen molar-refractivity contribution in [3.05, 3.63) is 22.7 Å². The Morgan fingerprint density at radius 1 is 1.37 bits per heavy atom. The van der Waals surface area contributed by atoms with Crippen LogP contribution < -0.4 is 20.6 Å². The Balaban J connectivity index is 2.91. The Bertz CT molecular complexity index is 531. The Labute approximate surface area is 114 Å². The molecule has 0 fully saturated rings. The largest absolute Gasteiger partial charge is 0.493 e. The van der Waals surface area contributed by atoms with Crippen molar-refractivity contribution in [2.24, 2.45) is 10.8 Å². The van der Waals surface area contributed by atoms with Crippen molar-refractivity contribution in [2.45, 2.75) is 0 Å². The number of nitrogens with zero attached hydrogens (tertiary/aromatic N) is 1. The highest BCUT2D eigenvalue weighted by Crippen LogP contribution is 2.35. The topological polar surface area (TPSA) is 103 Å². The van der Waals surface area contributed by atoms with Gasteiger partial charge < -0.3 is 15.2 Å². The number of hydrogen-bond donors (Lipinski definition) is 2. The summed E-state index contributed by atoms with van der Waals surface area (Å²) >= 11 is 5.98. The van der Waals surface area contributed by atoms with Crippen LogP contribution in [0.5, 0.6) is 11.5 Å². The van der Waals surface area contributed by atoms with Crippen LogP contribution in [0.1, 0.15) is 5.56 Å². The van der Waals surface area contributed by atoms with E-state index in [1.807, 2.05) is 5.43 Å². The van der Waals surface area contributed by atoms with Crippen molar-refractivity contribution in [3.8, 4) is 11.5 Å². The number of benzene rings is 1. The first-order chi connectivity index (χ1) is 8.99. The summed E-state index contributed by atoms with van der Waals surface area (Å²) in [6.45, 7) is 0. The monoisotopic (exact) mass is 285 g/mol. The lowest BCUT2D eigenvalue weighted by atomic mass is 10.2. The molecule has 0 unspecified atom stereocenters. The summed E-state index contributed by atoms with van der Waals surface area (Å²) < 4.78 is 10.2. The molecule has 0 aliphatic carbocycles. The van der Waals surface area contributed by atoms with Crippen molar-refractivity contribution < 1.29 is 19.1 Å². The van der Waals surface area contributed by atoms with Crippen molar-refractivity contribution in [2.75, 3.05) is 14.2 Å². The van der Waals surface area contributed by atoms with Crippen LogP contribution in [0.2, 0.25) is 5.02 Å². The first-order valence-corrected chi connectivity index (χ1v) is 5.41. The van der Waals surface area contributed by atoms with Gasteiger partial charge in [0.25, 0.3) is 0 Å². The summed E-state index contributed by atoms with van der Waals surface area (Å²) in [6, 6.07) is 3.16. The average molecular weight is 286 g/mol. The van der Waals surface area contributed by atoms with Crippen LogP contribution in [0.15, 0.2) is 17.2 Å². The highest BCUT2D eigenvalue weighted by atomic mass is 35.5. The van der Waals surface area contributed by atoms with Gasteiger partial charge in [-0.3, -0.25) is 9.59 Å². The quantitative estimate of drug-likeness (QED) is 0.471. The number of hydrogen-bond acceptors (Lipinski definition) is 5. The molecule has 0 saturated heterocycles. The smallest absolute Gasteiger partial charge is 0.329 e. The Hall–Kier alpha value is -2.28. The van der Waals surface area contributed by atoms with Gasteiger partial charge >= 0.3 is 11.8 Å². The molecule has 7 nitrogen and oxygen atoms in total. The Kier molecular flexibility index (Phi) is 5.13. The normalized spacial score (nSPS) is 10.3. The van der Waals surface area contributed by atoms with Crippen LogP contribution >= 0.6 is 11.6 Å². The molecule has 0 radical (unpaired) electrons. The second kappa shape index (κ2) is 6.60. The molecule has 1 rings (SSSR count). The fraction of sp³-hybridized carbons (Fsp3) is 0.182. The molecule has 1 aromatic rings. The number of carbonyl (C=O) groups is 2. The number of amides is 2. The van der Waals surface area contributed by atoms with Crippen LogP contribution in [-0.4, -0.2) is 32.2 Å². The molecular weight excluding hydrogens is 274 g/mol. The highest BCUT2D eigenvalue weighted by molar-refractivity contribution is 6.34. The number of nitrogens with one attached hydrogen (secondary N) is 1. The fourth-order valence-electron chi connectivity index (χ4n) is 1.23. The number of rotatable bonds is 4. The molecule has 8 heteroatoms. The SMILES string of the molecule is COc1cc(/C=N\NC(=O)C(N)=O)cc(Cl)c1OC. The number of nitrogens with two attached hydrogens (primary N) is 1. The first-order valence-electron chi connectivity index (χ1n) is 5.04. The number of hydrazone groups is 1. The molecule has 0 saturated carbocycles. The first kappa shape index (κ1) is 14.8. The zero-order chi connectivity index (χ0) is 14.4. The maximum atomic E-state index is 10.9. The van der Waals surface area contributed by atoms with Crippen LogP contribution in [0.4, 0.5) is 0 Å². The van der Waals surface area contributed by atoms with Gasteiger partial charge in [-0.1, -0.05) is 11.6 Å². The van der Waals surface area contributed by atoms with E-state index in [1.165, 1.54) is 20.4 Å². The minimum absolute atomic E-state index is 0.324. The second-order valence-corrected chi connectivity index (χ2v) is 3.71. The van der Waals surface area contributed by atoms with Gasteiger partial charge in [-0.05, 0) is 17.7 Å². The van der Waals surface area contributed by atoms with E-state index in [2.05, 4.69) is 5.10 Å². The third kappa shape index (κ3) is 3.85. The van der Waals surface area contributed by atoms with Crippen molar-refractivity contribution >= 4 is 29.6 Å². The number of methoxy groups -OCH3 is 2. The van der Waals surface area contributed by atoms with E-state index in [0.717, 1.165) is 0 Å². The van der Waals surface area contributed by atoms with Crippen LogP contribution in [-0.2, 0) is 9.59 Å². The number of ether oxygens (including phenoxy) is 2. The van der Waals surface area contributed by atoms with Gasteiger partial charge in [-0.15, -0.1) is 0 Å². The van der Waals surface area contributed by atoms with E-state index < -0.39 is 11.8 Å². The summed E-state index contributed by atoms with van der Waals surface area (Å²) in [5.74, 6) is -1.33. The van der Waals surface area contributed by atoms with Crippen LogP contribution in [0.3, 0.4) is 0 Å². The third-order valence-electron chi connectivity index (χ3n) is 2.06. The standard InChI is InChI=1S/C11H12ClN3O4/c1-18-8-4-6(3-7(12)9(8)19-2)5-14-15-11(17)10(13)16/h3-5H,1-2H3,(H2,13,16)(H,15,17)/b14-5-.